The Morgan fingerprint density at radius 3 is 2.92 bits per heavy atom. The van der Waals surface area contributed by atoms with Gasteiger partial charge in [0, 0.05) is 11.5 Å². The van der Waals surface area contributed by atoms with Crippen LogP contribution in [0.4, 0.5) is 4.39 Å². The topological polar surface area (TPSA) is 82.5 Å². The fourth-order valence-corrected chi connectivity index (χ4v) is 3.03. The van der Waals surface area contributed by atoms with Crippen molar-refractivity contribution in [3.63, 3.8) is 0 Å². The van der Waals surface area contributed by atoms with Gasteiger partial charge in [-0.15, -0.1) is 10.2 Å². The molecule has 0 radical (unpaired) electrons. The molecule has 4 rings (SSSR count). The highest BCUT2D eigenvalue weighted by molar-refractivity contribution is 5.53. The monoisotopic (exact) mass is 328 g/mol. The molecule has 0 saturated heterocycles. The van der Waals surface area contributed by atoms with E-state index in [1.807, 2.05) is 0 Å². The highest BCUT2D eigenvalue weighted by Gasteiger charge is 2.21. The molecule has 124 valence electrons. The number of aromatic nitrogens is 6. The Hall–Kier alpha value is -2.64. The van der Waals surface area contributed by atoms with Crippen molar-refractivity contribution in [2.24, 2.45) is 0 Å². The second kappa shape index (κ2) is 6.46. The van der Waals surface area contributed by atoms with Crippen LogP contribution in [0.15, 0.2) is 28.8 Å². The van der Waals surface area contributed by atoms with Gasteiger partial charge >= 0.3 is 0 Å². The molecule has 0 N–H and O–H groups in total. The van der Waals surface area contributed by atoms with Gasteiger partial charge in [-0.05, 0) is 30.2 Å². The molecule has 2 heterocycles. The molecule has 0 atom stereocenters. The van der Waals surface area contributed by atoms with E-state index >= 15 is 0 Å². The van der Waals surface area contributed by atoms with Crippen molar-refractivity contribution in [3.05, 3.63) is 41.8 Å². The summed E-state index contributed by atoms with van der Waals surface area (Å²) in [7, 11) is 0. The average Bonchev–Trinajstić information content (AvgIpc) is 3.26. The van der Waals surface area contributed by atoms with Crippen molar-refractivity contribution in [3.8, 4) is 11.4 Å². The number of tetrazole rings is 1. The van der Waals surface area contributed by atoms with E-state index in [1.165, 1.54) is 36.2 Å². The fourth-order valence-electron chi connectivity index (χ4n) is 3.03. The van der Waals surface area contributed by atoms with Crippen LogP contribution in [0, 0.1) is 5.82 Å². The zero-order valence-corrected chi connectivity index (χ0v) is 13.1. The number of rotatable bonds is 4. The Labute approximate surface area is 137 Å². The van der Waals surface area contributed by atoms with E-state index in [2.05, 4.69) is 25.6 Å². The lowest BCUT2D eigenvalue weighted by Crippen LogP contribution is -2.07. The lowest BCUT2D eigenvalue weighted by atomic mass is 9.89. The molecule has 1 aliphatic carbocycles. The Morgan fingerprint density at radius 1 is 1.21 bits per heavy atom. The second-order valence-electron chi connectivity index (χ2n) is 6.04. The molecule has 0 amide bonds. The van der Waals surface area contributed by atoms with Crippen molar-refractivity contribution >= 4 is 0 Å². The molecule has 0 bridgehead atoms. The number of benzene rings is 1. The minimum absolute atomic E-state index is 0.276. The maximum absolute atomic E-state index is 13.3. The molecule has 7 nitrogen and oxygen atoms in total. The summed E-state index contributed by atoms with van der Waals surface area (Å²) in [4.78, 5) is 5.84. The van der Waals surface area contributed by atoms with E-state index in [9.17, 15) is 4.39 Å². The largest absolute Gasteiger partial charge is 0.339 e. The number of hydrogen-bond acceptors (Lipinski definition) is 6. The summed E-state index contributed by atoms with van der Waals surface area (Å²) >= 11 is 0. The molecule has 8 heteroatoms. The highest BCUT2D eigenvalue weighted by Crippen LogP contribution is 2.31. The molecule has 1 aliphatic rings. The predicted molar refractivity (Wildman–Crippen MR) is 82.4 cm³/mol. The molecule has 0 spiro atoms. The molecule has 1 fully saturated rings. The third-order valence-corrected chi connectivity index (χ3v) is 4.26. The first-order valence-electron chi connectivity index (χ1n) is 8.14. The van der Waals surface area contributed by atoms with Crippen molar-refractivity contribution in [1.29, 1.82) is 0 Å². The van der Waals surface area contributed by atoms with E-state index in [4.69, 9.17) is 4.52 Å². The summed E-state index contributed by atoms with van der Waals surface area (Å²) in [5.74, 6) is 1.63. The van der Waals surface area contributed by atoms with Crippen LogP contribution < -0.4 is 0 Å². The van der Waals surface area contributed by atoms with Crippen LogP contribution in [0.3, 0.4) is 0 Å². The van der Waals surface area contributed by atoms with E-state index in [0.717, 1.165) is 12.8 Å². The van der Waals surface area contributed by atoms with Crippen molar-refractivity contribution < 1.29 is 8.91 Å². The zero-order valence-electron chi connectivity index (χ0n) is 13.1. The maximum atomic E-state index is 13.3. The van der Waals surface area contributed by atoms with E-state index < -0.39 is 0 Å². The van der Waals surface area contributed by atoms with Gasteiger partial charge in [-0.1, -0.05) is 36.6 Å². The summed E-state index contributed by atoms with van der Waals surface area (Å²) in [6, 6.07) is 6.10. The third-order valence-electron chi connectivity index (χ3n) is 4.26. The van der Waals surface area contributed by atoms with Crippen LogP contribution in [-0.2, 0) is 6.54 Å². The van der Waals surface area contributed by atoms with E-state index in [1.54, 1.807) is 12.1 Å². The quantitative estimate of drug-likeness (QED) is 0.732. The first-order valence-corrected chi connectivity index (χ1v) is 8.14. The van der Waals surface area contributed by atoms with Gasteiger partial charge in [-0.2, -0.15) is 9.78 Å². The van der Waals surface area contributed by atoms with Crippen molar-refractivity contribution in [1.82, 2.24) is 30.3 Å². The van der Waals surface area contributed by atoms with Gasteiger partial charge in [0.25, 0.3) is 0 Å². The third kappa shape index (κ3) is 3.17. The van der Waals surface area contributed by atoms with Crippen molar-refractivity contribution in [2.45, 2.75) is 44.6 Å². The summed E-state index contributed by atoms with van der Waals surface area (Å²) in [5.41, 5.74) is 0.581. The predicted octanol–water partition coefficient (Wildman–Crippen LogP) is 2.96. The summed E-state index contributed by atoms with van der Waals surface area (Å²) < 4.78 is 18.7. The number of hydrogen-bond donors (Lipinski definition) is 0. The lowest BCUT2D eigenvalue weighted by molar-refractivity contribution is 0.311. The van der Waals surface area contributed by atoms with E-state index in [0.29, 0.717) is 29.0 Å². The Kier molecular flexibility index (Phi) is 4.02. The first kappa shape index (κ1) is 14.9. The average molecular weight is 328 g/mol. The van der Waals surface area contributed by atoms with Gasteiger partial charge in [-0.3, -0.25) is 0 Å². The van der Waals surface area contributed by atoms with Crippen LogP contribution in [0.5, 0.6) is 0 Å². The van der Waals surface area contributed by atoms with Gasteiger partial charge in [-0.25, -0.2) is 4.39 Å². The molecule has 0 unspecified atom stereocenters. The van der Waals surface area contributed by atoms with Gasteiger partial charge in [0.2, 0.25) is 11.7 Å². The normalized spacial score (nSPS) is 15.7. The van der Waals surface area contributed by atoms with Crippen LogP contribution in [0.25, 0.3) is 11.4 Å². The van der Waals surface area contributed by atoms with Crippen LogP contribution in [-0.4, -0.2) is 30.3 Å². The standard InChI is InChI=1S/C16H17FN6O/c17-13-8-4-7-12(9-13)15-19-22-23(20-15)10-14-18-16(24-21-14)11-5-2-1-3-6-11/h4,7-9,11H,1-3,5-6,10H2. The lowest BCUT2D eigenvalue weighted by Gasteiger charge is -2.17. The molecular formula is C16H17FN6O. The van der Waals surface area contributed by atoms with Gasteiger partial charge < -0.3 is 4.52 Å². The smallest absolute Gasteiger partial charge is 0.229 e. The van der Waals surface area contributed by atoms with Crippen LogP contribution >= 0.6 is 0 Å². The summed E-state index contributed by atoms with van der Waals surface area (Å²) in [5, 5.41) is 16.2. The molecule has 24 heavy (non-hydrogen) atoms. The fraction of sp³-hybridized carbons (Fsp3) is 0.438. The molecule has 3 aromatic rings. The minimum atomic E-state index is -0.334. The molecular weight excluding hydrogens is 311 g/mol. The summed E-state index contributed by atoms with van der Waals surface area (Å²) in [6.07, 6.45) is 5.91. The van der Waals surface area contributed by atoms with Gasteiger partial charge in [0.1, 0.15) is 12.4 Å². The van der Waals surface area contributed by atoms with Crippen LogP contribution in [0.2, 0.25) is 0 Å². The minimum Gasteiger partial charge on any atom is -0.339 e. The first-order chi connectivity index (χ1) is 11.8. The Bertz CT molecular complexity index is 823. The Balaban J connectivity index is 1.47. The summed E-state index contributed by atoms with van der Waals surface area (Å²) in [6.45, 7) is 0.276. The molecule has 2 aromatic heterocycles. The van der Waals surface area contributed by atoms with Gasteiger partial charge in [0.15, 0.2) is 5.82 Å². The van der Waals surface area contributed by atoms with E-state index in [-0.39, 0.29) is 12.4 Å². The highest BCUT2D eigenvalue weighted by atomic mass is 19.1. The maximum Gasteiger partial charge on any atom is 0.229 e. The number of nitrogens with zero attached hydrogens (tertiary/aromatic N) is 6. The molecule has 0 aliphatic heterocycles. The Morgan fingerprint density at radius 2 is 2.08 bits per heavy atom. The number of halogens is 1. The van der Waals surface area contributed by atoms with Crippen LogP contribution in [0.1, 0.15) is 49.7 Å². The second-order valence-corrected chi connectivity index (χ2v) is 6.04. The molecule has 1 saturated carbocycles. The van der Waals surface area contributed by atoms with Crippen molar-refractivity contribution in [2.75, 3.05) is 0 Å². The SMILES string of the molecule is Fc1cccc(-c2nnn(Cc3noc(C4CCCCC4)n3)n2)c1. The van der Waals surface area contributed by atoms with Gasteiger partial charge in [0.05, 0.1) is 0 Å². The zero-order chi connectivity index (χ0) is 16.4. The molecule has 1 aromatic carbocycles.